The highest BCUT2D eigenvalue weighted by molar-refractivity contribution is 7.86. The smallest absolute Gasteiger partial charge is 0.139 e. The van der Waals surface area contributed by atoms with Gasteiger partial charge in [0.15, 0.2) is 0 Å². The first-order chi connectivity index (χ1) is 7.07. The quantitative estimate of drug-likeness (QED) is 0.797. The van der Waals surface area contributed by atoms with E-state index < -0.39 is 22.4 Å². The molecule has 5 heteroatoms. The molecular weight excluding hydrogens is 220 g/mol. The summed E-state index contributed by atoms with van der Waals surface area (Å²) in [5.41, 5.74) is 0.211. The highest BCUT2D eigenvalue weighted by Crippen LogP contribution is 2.38. The van der Waals surface area contributed by atoms with Gasteiger partial charge in [-0.3, -0.25) is 4.21 Å². The molecule has 3 atom stereocenters. The first-order valence-electron chi connectivity index (χ1n) is 4.63. The molecule has 0 aliphatic carbocycles. The fourth-order valence-corrected chi connectivity index (χ4v) is 3.56. The average Bonchev–Trinajstić information content (AvgIpc) is 2.47. The first-order valence-corrected chi connectivity index (χ1v) is 5.85. The summed E-state index contributed by atoms with van der Waals surface area (Å²) < 4.78 is 38.7. The van der Waals surface area contributed by atoms with Crippen LogP contribution in [0, 0.1) is 11.6 Å². The van der Waals surface area contributed by atoms with Crippen molar-refractivity contribution in [3.63, 3.8) is 0 Å². The number of nitrogens with one attached hydrogen (secondary N) is 1. The number of hydrogen-bond donors (Lipinski definition) is 1. The number of halogens is 2. The van der Waals surface area contributed by atoms with E-state index in [-0.39, 0.29) is 21.8 Å². The zero-order valence-electron chi connectivity index (χ0n) is 8.38. The standard InChI is InChI=1S/C10H11F2NOS/c1-5-9(13-2)8-6(11)3-4-7(12)10(8)15(5)14/h3-5,9,13H,1-2H3. The van der Waals surface area contributed by atoms with Crippen LogP contribution in [0.25, 0.3) is 0 Å². The van der Waals surface area contributed by atoms with Gasteiger partial charge in [0.1, 0.15) is 11.6 Å². The fourth-order valence-electron chi connectivity index (χ4n) is 1.97. The van der Waals surface area contributed by atoms with Crippen molar-refractivity contribution >= 4 is 10.8 Å². The Morgan fingerprint density at radius 2 is 1.93 bits per heavy atom. The second kappa shape index (κ2) is 3.64. The van der Waals surface area contributed by atoms with Crippen molar-refractivity contribution in [3.05, 3.63) is 29.3 Å². The molecule has 82 valence electrons. The topological polar surface area (TPSA) is 29.1 Å². The summed E-state index contributed by atoms with van der Waals surface area (Å²) in [6.07, 6.45) is 0. The van der Waals surface area contributed by atoms with Gasteiger partial charge in [-0.05, 0) is 26.1 Å². The maximum absolute atomic E-state index is 13.5. The summed E-state index contributed by atoms with van der Waals surface area (Å²) in [4.78, 5) is 0.0156. The molecule has 0 amide bonds. The molecule has 1 aliphatic heterocycles. The maximum Gasteiger partial charge on any atom is 0.139 e. The second-order valence-electron chi connectivity index (χ2n) is 3.54. The number of benzene rings is 1. The highest BCUT2D eigenvalue weighted by Gasteiger charge is 2.39. The van der Waals surface area contributed by atoms with Crippen LogP contribution in [0.1, 0.15) is 18.5 Å². The predicted molar refractivity (Wildman–Crippen MR) is 54.0 cm³/mol. The van der Waals surface area contributed by atoms with E-state index in [0.29, 0.717) is 0 Å². The summed E-state index contributed by atoms with van der Waals surface area (Å²) in [6.45, 7) is 1.72. The summed E-state index contributed by atoms with van der Waals surface area (Å²) in [7, 11) is 0.179. The molecule has 15 heavy (non-hydrogen) atoms. The Morgan fingerprint density at radius 1 is 1.33 bits per heavy atom. The Labute approximate surface area is 89.1 Å². The van der Waals surface area contributed by atoms with Gasteiger partial charge in [0.05, 0.1) is 27.0 Å². The molecule has 0 bridgehead atoms. The number of rotatable bonds is 1. The van der Waals surface area contributed by atoms with Crippen molar-refractivity contribution in [1.82, 2.24) is 5.32 Å². The Hall–Kier alpha value is -0.810. The van der Waals surface area contributed by atoms with Gasteiger partial charge in [0, 0.05) is 5.56 Å². The van der Waals surface area contributed by atoms with Gasteiger partial charge >= 0.3 is 0 Å². The van der Waals surface area contributed by atoms with Crippen molar-refractivity contribution in [2.75, 3.05) is 7.05 Å². The van der Waals surface area contributed by atoms with E-state index in [1.54, 1.807) is 14.0 Å². The van der Waals surface area contributed by atoms with Gasteiger partial charge < -0.3 is 5.32 Å². The minimum absolute atomic E-state index is 0.0156. The van der Waals surface area contributed by atoms with Crippen LogP contribution < -0.4 is 5.32 Å². The van der Waals surface area contributed by atoms with Crippen LogP contribution in [-0.2, 0) is 10.8 Å². The van der Waals surface area contributed by atoms with Crippen LogP contribution >= 0.6 is 0 Å². The molecule has 0 saturated heterocycles. The molecule has 3 unspecified atom stereocenters. The van der Waals surface area contributed by atoms with E-state index >= 15 is 0 Å². The van der Waals surface area contributed by atoms with E-state index in [9.17, 15) is 13.0 Å². The summed E-state index contributed by atoms with van der Waals surface area (Å²) in [5, 5.41) is 2.56. The third-order valence-electron chi connectivity index (χ3n) is 2.73. The monoisotopic (exact) mass is 231 g/mol. The third kappa shape index (κ3) is 1.41. The molecule has 1 aliphatic rings. The van der Waals surface area contributed by atoms with Crippen molar-refractivity contribution < 1.29 is 13.0 Å². The SMILES string of the molecule is CNC1c2c(F)ccc(F)c2S(=O)C1C. The maximum atomic E-state index is 13.5. The van der Waals surface area contributed by atoms with Crippen molar-refractivity contribution in [2.45, 2.75) is 23.1 Å². The zero-order chi connectivity index (χ0) is 11.2. The Kier molecular flexibility index (Phi) is 2.60. The van der Waals surface area contributed by atoms with Gasteiger partial charge in [-0.15, -0.1) is 0 Å². The molecule has 0 aromatic heterocycles. The lowest BCUT2D eigenvalue weighted by Crippen LogP contribution is -2.24. The summed E-state index contributed by atoms with van der Waals surface area (Å²) >= 11 is 0. The van der Waals surface area contributed by atoms with Gasteiger partial charge in [0.25, 0.3) is 0 Å². The fraction of sp³-hybridized carbons (Fsp3) is 0.400. The average molecular weight is 231 g/mol. The van der Waals surface area contributed by atoms with Gasteiger partial charge in [0.2, 0.25) is 0 Å². The largest absolute Gasteiger partial charge is 0.312 e. The van der Waals surface area contributed by atoms with E-state index in [0.717, 1.165) is 12.1 Å². The second-order valence-corrected chi connectivity index (χ2v) is 5.29. The molecule has 0 saturated carbocycles. The molecule has 1 aromatic rings. The minimum Gasteiger partial charge on any atom is -0.312 e. The van der Waals surface area contributed by atoms with Crippen LogP contribution in [0.4, 0.5) is 8.78 Å². The van der Waals surface area contributed by atoms with Crippen LogP contribution in [0.5, 0.6) is 0 Å². The van der Waals surface area contributed by atoms with Gasteiger partial charge in [-0.1, -0.05) is 0 Å². The van der Waals surface area contributed by atoms with E-state index in [1.807, 2.05) is 0 Å². The molecule has 0 radical (unpaired) electrons. The van der Waals surface area contributed by atoms with Crippen LogP contribution in [-0.4, -0.2) is 16.5 Å². The van der Waals surface area contributed by atoms with Crippen molar-refractivity contribution in [1.29, 1.82) is 0 Å². The molecule has 2 rings (SSSR count). The van der Waals surface area contributed by atoms with Gasteiger partial charge in [-0.2, -0.15) is 0 Å². The normalized spacial score (nSPS) is 29.2. The zero-order valence-corrected chi connectivity index (χ0v) is 9.20. The lowest BCUT2D eigenvalue weighted by Gasteiger charge is -2.14. The summed E-state index contributed by atoms with van der Waals surface area (Å²) in [6, 6.07) is 1.72. The Balaban J connectivity index is 2.69. The van der Waals surface area contributed by atoms with Crippen molar-refractivity contribution in [2.24, 2.45) is 0 Å². The predicted octanol–water partition coefficient (Wildman–Crippen LogP) is 1.73. The van der Waals surface area contributed by atoms with E-state index in [1.165, 1.54) is 0 Å². The number of fused-ring (bicyclic) bond motifs is 1. The number of hydrogen-bond acceptors (Lipinski definition) is 2. The molecule has 1 N–H and O–H groups in total. The molecule has 0 spiro atoms. The first kappa shape index (κ1) is 10.7. The molecule has 0 fully saturated rings. The third-order valence-corrected chi connectivity index (χ3v) is 4.49. The highest BCUT2D eigenvalue weighted by atomic mass is 32.2. The van der Waals surface area contributed by atoms with E-state index in [2.05, 4.69) is 5.32 Å². The summed E-state index contributed by atoms with van der Waals surface area (Å²) in [5.74, 6) is -1.09. The Bertz CT molecular complexity index is 436. The molecule has 1 aromatic carbocycles. The van der Waals surface area contributed by atoms with Crippen molar-refractivity contribution in [3.8, 4) is 0 Å². The van der Waals surface area contributed by atoms with Crippen LogP contribution in [0.2, 0.25) is 0 Å². The minimum atomic E-state index is -1.47. The molecular formula is C10H11F2NOS. The van der Waals surface area contributed by atoms with Gasteiger partial charge in [-0.25, -0.2) is 8.78 Å². The lowest BCUT2D eigenvalue weighted by molar-refractivity contribution is 0.517. The molecule has 2 nitrogen and oxygen atoms in total. The van der Waals surface area contributed by atoms with Crippen LogP contribution in [0.3, 0.4) is 0 Å². The molecule has 1 heterocycles. The van der Waals surface area contributed by atoms with E-state index in [4.69, 9.17) is 0 Å². The lowest BCUT2D eigenvalue weighted by atomic mass is 10.0. The Morgan fingerprint density at radius 3 is 2.53 bits per heavy atom. The van der Waals surface area contributed by atoms with Crippen LogP contribution in [0.15, 0.2) is 17.0 Å².